The number of anilines is 1. The number of nitrogens with one attached hydrogen (secondary N) is 1. The van der Waals surface area contributed by atoms with Crippen LogP contribution in [0.1, 0.15) is 53.0 Å². The van der Waals surface area contributed by atoms with Gasteiger partial charge in [-0.15, -0.1) is 0 Å². The Kier molecular flexibility index (Phi) is 7.44. The average Bonchev–Trinajstić information content (AvgIpc) is 3.13. The van der Waals surface area contributed by atoms with Crippen molar-refractivity contribution < 1.29 is 28.7 Å². The van der Waals surface area contributed by atoms with Gasteiger partial charge >= 0.3 is 5.97 Å². The SMILES string of the molecule is Cc1cccc(C(=O)N[C@@H](C(=O)N2CCC3(CC2)C(=O)N(C)CN3c2ccc(C(=O)O)cc2)C(C)C)c1F. The maximum atomic E-state index is 14.5. The molecule has 0 radical (unpaired) electrons. The number of halogens is 1. The van der Waals surface area contributed by atoms with Crippen LogP contribution < -0.4 is 10.2 Å². The van der Waals surface area contributed by atoms with Gasteiger partial charge in [0, 0.05) is 25.8 Å². The van der Waals surface area contributed by atoms with Crippen LogP contribution in [0.25, 0.3) is 0 Å². The molecular weight excluding hydrogens is 491 g/mol. The highest BCUT2D eigenvalue weighted by atomic mass is 19.1. The number of carbonyl (C=O) groups is 4. The molecule has 1 atom stereocenters. The van der Waals surface area contributed by atoms with Gasteiger partial charge in [-0.1, -0.05) is 26.0 Å². The number of carboxylic acids is 1. The highest BCUT2D eigenvalue weighted by Gasteiger charge is 2.53. The van der Waals surface area contributed by atoms with Crippen molar-refractivity contribution in [2.45, 2.75) is 45.2 Å². The standard InChI is InChI=1S/C28H33FN4O5/c1-17(2)23(30-24(34)21-7-5-6-18(3)22(21)29)25(35)32-14-12-28(13-15-32)27(38)31(4)16-33(28)20-10-8-19(9-11-20)26(36)37/h5-11,17,23H,12-16H2,1-4H3,(H,30,34)(H,36,37)/t23-/m1/s1. The molecular formula is C28H33FN4O5. The number of amides is 3. The number of piperidine rings is 1. The minimum atomic E-state index is -1.02. The van der Waals surface area contributed by atoms with E-state index in [2.05, 4.69) is 5.32 Å². The number of likely N-dealkylation sites (N-methyl/N-ethyl adjacent to an activating group) is 1. The first-order chi connectivity index (χ1) is 18.0. The molecule has 0 aromatic heterocycles. The third kappa shape index (κ3) is 4.82. The Morgan fingerprint density at radius 3 is 2.26 bits per heavy atom. The second-order valence-corrected chi connectivity index (χ2v) is 10.4. The van der Waals surface area contributed by atoms with Crippen molar-refractivity contribution in [2.75, 3.05) is 31.7 Å². The molecule has 0 bridgehead atoms. The zero-order chi connectivity index (χ0) is 27.8. The van der Waals surface area contributed by atoms with Crippen molar-refractivity contribution in [3.05, 3.63) is 65.0 Å². The van der Waals surface area contributed by atoms with Crippen molar-refractivity contribution in [2.24, 2.45) is 5.92 Å². The zero-order valence-electron chi connectivity index (χ0n) is 22.0. The molecule has 10 heteroatoms. The Morgan fingerprint density at radius 1 is 1.05 bits per heavy atom. The normalized spacial score (nSPS) is 17.7. The number of carboxylic acid groups (broad SMARTS) is 1. The topological polar surface area (TPSA) is 110 Å². The van der Waals surface area contributed by atoms with Gasteiger partial charge < -0.3 is 25.1 Å². The number of aromatic carboxylic acids is 1. The van der Waals surface area contributed by atoms with E-state index in [1.54, 1.807) is 48.0 Å². The van der Waals surface area contributed by atoms with Gasteiger partial charge in [-0.05, 0) is 61.6 Å². The number of hydrogen-bond acceptors (Lipinski definition) is 5. The lowest BCUT2D eigenvalue weighted by Crippen LogP contribution is -2.60. The molecule has 2 heterocycles. The van der Waals surface area contributed by atoms with Crippen molar-refractivity contribution in [1.29, 1.82) is 0 Å². The fourth-order valence-corrected chi connectivity index (χ4v) is 5.33. The van der Waals surface area contributed by atoms with Crippen LogP contribution in [0.2, 0.25) is 0 Å². The Balaban J connectivity index is 1.50. The van der Waals surface area contributed by atoms with Gasteiger partial charge in [0.2, 0.25) is 11.8 Å². The first kappa shape index (κ1) is 27.1. The lowest BCUT2D eigenvalue weighted by molar-refractivity contribution is -0.139. The first-order valence-corrected chi connectivity index (χ1v) is 12.7. The quantitative estimate of drug-likeness (QED) is 0.602. The van der Waals surface area contributed by atoms with Crippen molar-refractivity contribution in [1.82, 2.24) is 15.1 Å². The second-order valence-electron chi connectivity index (χ2n) is 10.4. The zero-order valence-corrected chi connectivity index (χ0v) is 22.0. The fourth-order valence-electron chi connectivity index (χ4n) is 5.33. The predicted octanol–water partition coefficient (Wildman–Crippen LogP) is 2.88. The molecule has 2 aliphatic heterocycles. The van der Waals surface area contributed by atoms with Crippen molar-refractivity contribution in [3.8, 4) is 0 Å². The summed E-state index contributed by atoms with van der Waals surface area (Å²) in [5.74, 6) is -2.83. The third-order valence-electron chi connectivity index (χ3n) is 7.60. The summed E-state index contributed by atoms with van der Waals surface area (Å²) in [6, 6.07) is 10.1. The van der Waals surface area contributed by atoms with Gasteiger partial charge in [-0.3, -0.25) is 14.4 Å². The van der Waals surface area contributed by atoms with E-state index in [-0.39, 0.29) is 28.9 Å². The van der Waals surface area contributed by atoms with Crippen LogP contribution in [0.5, 0.6) is 0 Å². The molecule has 9 nitrogen and oxygen atoms in total. The maximum absolute atomic E-state index is 14.5. The fraction of sp³-hybridized carbons (Fsp3) is 0.429. The molecule has 2 aliphatic rings. The van der Waals surface area contributed by atoms with Crippen LogP contribution in [0.4, 0.5) is 10.1 Å². The molecule has 3 amide bonds. The molecule has 4 rings (SSSR count). The summed E-state index contributed by atoms with van der Waals surface area (Å²) in [7, 11) is 1.72. The monoisotopic (exact) mass is 524 g/mol. The van der Waals surface area contributed by atoms with Gasteiger partial charge in [0.1, 0.15) is 17.4 Å². The number of rotatable bonds is 6. The van der Waals surface area contributed by atoms with E-state index in [0.29, 0.717) is 38.2 Å². The molecule has 0 unspecified atom stereocenters. The van der Waals surface area contributed by atoms with Crippen LogP contribution in [-0.2, 0) is 9.59 Å². The minimum Gasteiger partial charge on any atom is -0.478 e. The minimum absolute atomic E-state index is 0.0458. The summed E-state index contributed by atoms with van der Waals surface area (Å²) in [6.45, 7) is 6.18. The summed E-state index contributed by atoms with van der Waals surface area (Å²) < 4.78 is 14.5. The Morgan fingerprint density at radius 2 is 1.68 bits per heavy atom. The lowest BCUT2D eigenvalue weighted by atomic mass is 9.85. The number of aryl methyl sites for hydroxylation is 1. The van der Waals surface area contributed by atoms with Gasteiger partial charge in [0.25, 0.3) is 5.91 Å². The van der Waals surface area contributed by atoms with Crippen LogP contribution in [0, 0.1) is 18.7 Å². The molecule has 0 saturated carbocycles. The summed E-state index contributed by atoms with van der Waals surface area (Å²) in [5, 5.41) is 11.9. The van der Waals surface area contributed by atoms with E-state index in [1.807, 2.05) is 18.7 Å². The van der Waals surface area contributed by atoms with E-state index >= 15 is 0 Å². The average molecular weight is 525 g/mol. The van der Waals surface area contributed by atoms with E-state index in [9.17, 15) is 28.7 Å². The molecule has 1 spiro atoms. The van der Waals surface area contributed by atoms with Crippen molar-refractivity contribution in [3.63, 3.8) is 0 Å². The van der Waals surface area contributed by atoms with Crippen molar-refractivity contribution >= 4 is 29.4 Å². The third-order valence-corrected chi connectivity index (χ3v) is 7.60. The smallest absolute Gasteiger partial charge is 0.335 e. The highest BCUT2D eigenvalue weighted by molar-refractivity contribution is 5.98. The molecule has 2 N–H and O–H groups in total. The highest BCUT2D eigenvalue weighted by Crippen LogP contribution is 2.39. The maximum Gasteiger partial charge on any atom is 0.335 e. The number of hydrogen-bond donors (Lipinski definition) is 2. The van der Waals surface area contributed by atoms with Crippen LogP contribution in [-0.4, -0.2) is 77.0 Å². The van der Waals surface area contributed by atoms with Crippen LogP contribution in [0.15, 0.2) is 42.5 Å². The summed E-state index contributed by atoms with van der Waals surface area (Å²) in [4.78, 5) is 56.2. The van der Waals surface area contributed by atoms with E-state index in [1.165, 1.54) is 18.2 Å². The van der Waals surface area contributed by atoms with Gasteiger partial charge in [-0.25, -0.2) is 9.18 Å². The van der Waals surface area contributed by atoms with E-state index in [0.717, 1.165) is 5.69 Å². The molecule has 0 aliphatic carbocycles. The molecule has 2 fully saturated rings. The van der Waals surface area contributed by atoms with E-state index in [4.69, 9.17) is 0 Å². The summed E-state index contributed by atoms with van der Waals surface area (Å²) in [5.41, 5.74) is 0.289. The number of carbonyl (C=O) groups excluding carboxylic acids is 3. The molecule has 38 heavy (non-hydrogen) atoms. The summed E-state index contributed by atoms with van der Waals surface area (Å²) >= 11 is 0. The van der Waals surface area contributed by atoms with Gasteiger partial charge in [-0.2, -0.15) is 0 Å². The number of likely N-dealkylation sites (tertiary alicyclic amines) is 1. The molecule has 202 valence electrons. The predicted molar refractivity (Wildman–Crippen MR) is 139 cm³/mol. The number of nitrogens with zero attached hydrogens (tertiary/aromatic N) is 3. The summed E-state index contributed by atoms with van der Waals surface area (Å²) in [6.07, 6.45) is 0.766. The Hall–Kier alpha value is -3.95. The molecule has 2 saturated heterocycles. The van der Waals surface area contributed by atoms with Crippen LogP contribution >= 0.6 is 0 Å². The van der Waals surface area contributed by atoms with Crippen LogP contribution in [0.3, 0.4) is 0 Å². The molecule has 2 aromatic rings. The first-order valence-electron chi connectivity index (χ1n) is 12.7. The van der Waals surface area contributed by atoms with Gasteiger partial charge in [0.15, 0.2) is 0 Å². The second kappa shape index (κ2) is 10.4. The molecule has 2 aromatic carbocycles. The number of benzene rings is 2. The Bertz CT molecular complexity index is 1250. The lowest BCUT2D eigenvalue weighted by Gasteiger charge is -2.44. The van der Waals surface area contributed by atoms with E-state index < -0.39 is 29.3 Å². The Labute approximate surface area is 221 Å². The van der Waals surface area contributed by atoms with Gasteiger partial charge in [0.05, 0.1) is 17.8 Å². The largest absolute Gasteiger partial charge is 0.478 e.